The molecule has 8 nitrogen and oxygen atoms in total. The fraction of sp³-hybridized carbons (Fsp3) is 0.143. The number of rotatable bonds is 8. The van der Waals surface area contributed by atoms with Gasteiger partial charge in [0, 0.05) is 11.6 Å². The Morgan fingerprint density at radius 1 is 0.933 bits per heavy atom. The molecule has 30 heavy (non-hydrogen) atoms. The van der Waals surface area contributed by atoms with Crippen molar-refractivity contribution in [1.82, 2.24) is 10.2 Å². The summed E-state index contributed by atoms with van der Waals surface area (Å²) in [6.07, 6.45) is 0. The maximum absolute atomic E-state index is 12.3. The summed E-state index contributed by atoms with van der Waals surface area (Å²) < 4.78 is 10.4. The molecule has 0 fully saturated rings. The van der Waals surface area contributed by atoms with E-state index in [4.69, 9.17) is 9.47 Å². The van der Waals surface area contributed by atoms with E-state index in [0.29, 0.717) is 33.6 Å². The Kier molecular flexibility index (Phi) is 7.23. The molecule has 0 unspecified atom stereocenters. The highest BCUT2D eigenvalue weighted by atomic mass is 32.2. The molecule has 0 aliphatic rings. The minimum atomic E-state index is -0.267. The predicted molar refractivity (Wildman–Crippen MR) is 115 cm³/mol. The third kappa shape index (κ3) is 5.71. The zero-order chi connectivity index (χ0) is 21.3. The number of nitrogens with zero attached hydrogens (tertiary/aromatic N) is 2. The summed E-state index contributed by atoms with van der Waals surface area (Å²) in [4.78, 5) is 24.4. The molecule has 0 aliphatic heterocycles. The highest BCUT2D eigenvalue weighted by Crippen LogP contribution is 2.29. The van der Waals surface area contributed by atoms with Gasteiger partial charge in [-0.25, -0.2) is 0 Å². The van der Waals surface area contributed by atoms with Gasteiger partial charge in [0.05, 0.1) is 25.7 Å². The van der Waals surface area contributed by atoms with Crippen molar-refractivity contribution in [3.05, 3.63) is 66.2 Å². The van der Waals surface area contributed by atoms with Gasteiger partial charge < -0.3 is 20.1 Å². The summed E-state index contributed by atoms with van der Waals surface area (Å²) in [5.74, 6) is 1.11. The van der Waals surface area contributed by atoms with Gasteiger partial charge in [0.15, 0.2) is 5.82 Å². The Morgan fingerprint density at radius 2 is 1.73 bits per heavy atom. The van der Waals surface area contributed by atoms with Crippen LogP contribution in [0.25, 0.3) is 0 Å². The Bertz CT molecular complexity index is 1010. The van der Waals surface area contributed by atoms with Crippen LogP contribution in [0, 0.1) is 0 Å². The smallest absolute Gasteiger partial charge is 0.256 e. The standard InChI is InChI=1S/C21H20N4O4S/c1-28-15-8-9-17(29-2)16(12-15)22-19(26)13-30-20-11-10-18(24-25-20)23-21(27)14-6-4-3-5-7-14/h3-12H,13H2,1-2H3,(H,22,26)(H,23,24,27). The van der Waals surface area contributed by atoms with Gasteiger partial charge in [-0.3, -0.25) is 9.59 Å². The number of nitrogens with one attached hydrogen (secondary N) is 2. The number of amides is 2. The average Bonchev–Trinajstić information content (AvgIpc) is 2.79. The molecule has 0 saturated heterocycles. The van der Waals surface area contributed by atoms with Crippen LogP contribution in [0.5, 0.6) is 11.5 Å². The Morgan fingerprint density at radius 3 is 2.40 bits per heavy atom. The molecule has 0 atom stereocenters. The molecule has 154 valence electrons. The number of carbonyl (C=O) groups is 2. The molecule has 2 aromatic carbocycles. The lowest BCUT2D eigenvalue weighted by molar-refractivity contribution is -0.113. The summed E-state index contributed by atoms with van der Waals surface area (Å²) in [7, 11) is 3.08. The second kappa shape index (κ2) is 10.3. The molecule has 0 saturated carbocycles. The Balaban J connectivity index is 1.54. The van der Waals surface area contributed by atoms with Crippen LogP contribution in [0.15, 0.2) is 65.7 Å². The molecular formula is C21H20N4O4S. The van der Waals surface area contributed by atoms with Crippen molar-refractivity contribution in [2.24, 2.45) is 0 Å². The molecular weight excluding hydrogens is 404 g/mol. The van der Waals surface area contributed by atoms with Gasteiger partial charge in [-0.2, -0.15) is 0 Å². The first-order valence-corrected chi connectivity index (χ1v) is 9.92. The first kappa shape index (κ1) is 21.1. The van der Waals surface area contributed by atoms with Gasteiger partial charge >= 0.3 is 0 Å². The Hall–Kier alpha value is -3.59. The molecule has 1 aromatic heterocycles. The predicted octanol–water partition coefficient (Wildman–Crippen LogP) is 3.48. The van der Waals surface area contributed by atoms with Crippen LogP contribution >= 0.6 is 11.8 Å². The number of anilines is 2. The molecule has 9 heteroatoms. The molecule has 3 aromatic rings. The van der Waals surface area contributed by atoms with Crippen LogP contribution in [0.4, 0.5) is 11.5 Å². The van der Waals surface area contributed by atoms with E-state index in [9.17, 15) is 9.59 Å². The number of aromatic nitrogens is 2. The highest BCUT2D eigenvalue weighted by Gasteiger charge is 2.11. The van der Waals surface area contributed by atoms with E-state index in [0.717, 1.165) is 0 Å². The monoisotopic (exact) mass is 424 g/mol. The van der Waals surface area contributed by atoms with E-state index < -0.39 is 0 Å². The van der Waals surface area contributed by atoms with Crippen molar-refractivity contribution in [2.45, 2.75) is 5.03 Å². The number of thioether (sulfide) groups is 1. The van der Waals surface area contributed by atoms with E-state index in [-0.39, 0.29) is 17.6 Å². The van der Waals surface area contributed by atoms with Crippen molar-refractivity contribution in [2.75, 3.05) is 30.6 Å². The number of benzene rings is 2. The molecule has 0 radical (unpaired) electrons. The lowest BCUT2D eigenvalue weighted by Gasteiger charge is -2.11. The molecule has 2 amide bonds. The van der Waals surface area contributed by atoms with Gasteiger partial charge in [-0.05, 0) is 36.4 Å². The third-order valence-electron chi connectivity index (χ3n) is 3.95. The molecule has 2 N–H and O–H groups in total. The van der Waals surface area contributed by atoms with Gasteiger partial charge in [-0.15, -0.1) is 10.2 Å². The van der Waals surface area contributed by atoms with Crippen molar-refractivity contribution in [1.29, 1.82) is 0 Å². The fourth-order valence-corrected chi connectivity index (χ4v) is 3.09. The van der Waals surface area contributed by atoms with Gasteiger partial charge in [0.25, 0.3) is 5.91 Å². The van der Waals surface area contributed by atoms with E-state index in [1.54, 1.807) is 61.7 Å². The molecule has 0 bridgehead atoms. The summed E-state index contributed by atoms with van der Waals surface area (Å²) >= 11 is 1.22. The number of carbonyl (C=O) groups excluding carboxylic acids is 2. The van der Waals surface area contributed by atoms with Gasteiger partial charge in [-0.1, -0.05) is 30.0 Å². The molecule has 0 aliphatic carbocycles. The van der Waals surface area contributed by atoms with Crippen LogP contribution in [0.1, 0.15) is 10.4 Å². The Labute approximate surface area is 178 Å². The largest absolute Gasteiger partial charge is 0.497 e. The van der Waals surface area contributed by atoms with Gasteiger partial charge in [0.2, 0.25) is 5.91 Å². The normalized spacial score (nSPS) is 10.2. The van der Waals surface area contributed by atoms with Crippen molar-refractivity contribution in [3.8, 4) is 11.5 Å². The SMILES string of the molecule is COc1ccc(OC)c(NC(=O)CSc2ccc(NC(=O)c3ccccc3)nn2)c1. The first-order valence-electron chi connectivity index (χ1n) is 8.94. The average molecular weight is 424 g/mol. The zero-order valence-corrected chi connectivity index (χ0v) is 17.2. The quantitative estimate of drug-likeness (QED) is 0.534. The maximum Gasteiger partial charge on any atom is 0.256 e. The van der Waals surface area contributed by atoms with E-state index in [2.05, 4.69) is 20.8 Å². The lowest BCUT2D eigenvalue weighted by Crippen LogP contribution is -2.15. The second-order valence-electron chi connectivity index (χ2n) is 5.98. The minimum Gasteiger partial charge on any atom is -0.497 e. The van der Waals surface area contributed by atoms with E-state index in [1.807, 2.05) is 6.07 Å². The topological polar surface area (TPSA) is 102 Å². The number of methoxy groups -OCH3 is 2. The first-order chi connectivity index (χ1) is 14.6. The fourth-order valence-electron chi connectivity index (χ4n) is 2.48. The van der Waals surface area contributed by atoms with Crippen molar-refractivity contribution < 1.29 is 19.1 Å². The van der Waals surface area contributed by atoms with Crippen LogP contribution in [-0.2, 0) is 4.79 Å². The van der Waals surface area contributed by atoms with Crippen LogP contribution < -0.4 is 20.1 Å². The second-order valence-corrected chi connectivity index (χ2v) is 6.98. The minimum absolute atomic E-state index is 0.130. The summed E-state index contributed by atoms with van der Waals surface area (Å²) in [5.41, 5.74) is 1.05. The molecule has 1 heterocycles. The van der Waals surface area contributed by atoms with Crippen LogP contribution in [0.3, 0.4) is 0 Å². The van der Waals surface area contributed by atoms with Crippen molar-refractivity contribution in [3.63, 3.8) is 0 Å². The van der Waals surface area contributed by atoms with E-state index in [1.165, 1.54) is 18.9 Å². The summed E-state index contributed by atoms with van der Waals surface area (Å²) in [6.45, 7) is 0. The maximum atomic E-state index is 12.3. The number of ether oxygens (including phenoxy) is 2. The number of hydrogen-bond acceptors (Lipinski definition) is 7. The van der Waals surface area contributed by atoms with Crippen molar-refractivity contribution >= 4 is 35.1 Å². The summed E-state index contributed by atoms with van der Waals surface area (Å²) in [6, 6.07) is 17.3. The van der Waals surface area contributed by atoms with Crippen LogP contribution in [-0.4, -0.2) is 42.0 Å². The highest BCUT2D eigenvalue weighted by molar-refractivity contribution is 7.99. The molecule has 3 rings (SSSR count). The molecule has 0 spiro atoms. The van der Waals surface area contributed by atoms with E-state index >= 15 is 0 Å². The lowest BCUT2D eigenvalue weighted by atomic mass is 10.2. The van der Waals surface area contributed by atoms with Gasteiger partial charge in [0.1, 0.15) is 16.5 Å². The number of hydrogen-bond donors (Lipinski definition) is 2. The van der Waals surface area contributed by atoms with Crippen LogP contribution in [0.2, 0.25) is 0 Å². The summed E-state index contributed by atoms with van der Waals surface area (Å²) in [5, 5.41) is 14.1. The zero-order valence-electron chi connectivity index (χ0n) is 16.4. The third-order valence-corrected chi connectivity index (χ3v) is 4.87.